The number of halogens is 1. The third-order valence-corrected chi connectivity index (χ3v) is 3.30. The van der Waals surface area contributed by atoms with Gasteiger partial charge in [0, 0.05) is 5.92 Å². The summed E-state index contributed by atoms with van der Waals surface area (Å²) < 4.78 is 18.4. The van der Waals surface area contributed by atoms with Gasteiger partial charge in [-0.2, -0.15) is 5.06 Å². The number of amides is 2. The van der Waals surface area contributed by atoms with Gasteiger partial charge < -0.3 is 10.5 Å². The first-order valence-electron chi connectivity index (χ1n) is 6.66. The molecule has 1 aliphatic carbocycles. The Morgan fingerprint density at radius 2 is 2.10 bits per heavy atom. The topological polar surface area (TPSA) is 75.8 Å². The van der Waals surface area contributed by atoms with Crippen LogP contribution in [-0.4, -0.2) is 28.4 Å². The van der Waals surface area contributed by atoms with Crippen LogP contribution in [0.1, 0.15) is 19.8 Å². The summed E-state index contributed by atoms with van der Waals surface area (Å²) in [6.45, 7) is 1.59. The Bertz CT molecular complexity index is 559. The first-order chi connectivity index (χ1) is 9.95. The molecule has 112 valence electrons. The van der Waals surface area contributed by atoms with E-state index in [1.807, 2.05) is 0 Å². The van der Waals surface area contributed by atoms with Crippen LogP contribution in [0.3, 0.4) is 0 Å². The minimum Gasteiger partial charge on any atom is -0.490 e. The number of hydrogen-bond acceptors (Lipinski definition) is 3. The second-order valence-electron chi connectivity index (χ2n) is 5.01. The predicted molar refractivity (Wildman–Crippen MR) is 74.0 cm³/mol. The summed E-state index contributed by atoms with van der Waals surface area (Å²) in [6.07, 6.45) is 1.59. The molecule has 0 saturated heterocycles. The standard InChI is InChI=1S/C15H17FN2O3/c1-10(18(20)15(17)19)2-3-11-8-14(9-11)21-13-6-4-12(16)5-7-13/h4-7,10-11,14,20H,8-9H2,1H3,(H2,17,19)/t10?,11-,14+. The molecule has 2 amide bonds. The molecule has 3 N–H and O–H groups in total. The first-order valence-corrected chi connectivity index (χ1v) is 6.66. The second-order valence-corrected chi connectivity index (χ2v) is 5.01. The van der Waals surface area contributed by atoms with E-state index < -0.39 is 12.1 Å². The summed E-state index contributed by atoms with van der Waals surface area (Å²) in [5.41, 5.74) is 4.93. The minimum absolute atomic E-state index is 0.0615. The zero-order chi connectivity index (χ0) is 15.4. The molecule has 0 bridgehead atoms. The van der Waals surface area contributed by atoms with Crippen LogP contribution in [-0.2, 0) is 0 Å². The van der Waals surface area contributed by atoms with Crippen molar-refractivity contribution in [3.63, 3.8) is 0 Å². The van der Waals surface area contributed by atoms with Crippen LogP contribution in [0.5, 0.6) is 5.75 Å². The SMILES string of the molecule is CC(C#C[C@H]1C[C@@H](Oc2ccc(F)cc2)C1)N(O)C(N)=O. The van der Waals surface area contributed by atoms with Gasteiger partial charge in [0.1, 0.15) is 23.7 Å². The van der Waals surface area contributed by atoms with Gasteiger partial charge in [-0.1, -0.05) is 11.8 Å². The predicted octanol–water partition coefficient (Wildman–Crippen LogP) is 2.14. The number of carbonyl (C=O) groups is 1. The molecule has 21 heavy (non-hydrogen) atoms. The number of nitrogens with zero attached hydrogens (tertiary/aromatic N) is 1. The average molecular weight is 292 g/mol. The van der Waals surface area contributed by atoms with Crippen molar-refractivity contribution >= 4 is 6.03 Å². The summed E-state index contributed by atoms with van der Waals surface area (Å²) in [5.74, 6) is 6.26. The molecule has 1 atom stereocenters. The van der Waals surface area contributed by atoms with Gasteiger partial charge in [0.05, 0.1) is 0 Å². The zero-order valence-corrected chi connectivity index (χ0v) is 11.6. The maximum atomic E-state index is 12.7. The maximum absolute atomic E-state index is 12.7. The summed E-state index contributed by atoms with van der Waals surface area (Å²) in [6, 6.07) is 4.32. The van der Waals surface area contributed by atoms with Crippen molar-refractivity contribution in [2.24, 2.45) is 11.7 Å². The molecule has 6 heteroatoms. The number of nitrogens with two attached hydrogens (primary N) is 1. The second kappa shape index (κ2) is 6.46. The van der Waals surface area contributed by atoms with Gasteiger partial charge in [-0.05, 0) is 44.0 Å². The molecule has 2 rings (SSSR count). The van der Waals surface area contributed by atoms with Gasteiger partial charge in [0.25, 0.3) is 0 Å². The fourth-order valence-electron chi connectivity index (χ4n) is 1.98. The minimum atomic E-state index is -0.928. The average Bonchev–Trinajstić information content (AvgIpc) is 2.41. The molecule has 0 aliphatic heterocycles. The van der Waals surface area contributed by atoms with E-state index in [4.69, 9.17) is 10.5 Å². The van der Waals surface area contributed by atoms with Gasteiger partial charge in [-0.15, -0.1) is 0 Å². The molecule has 1 unspecified atom stereocenters. The Labute approximate surface area is 122 Å². The van der Waals surface area contributed by atoms with Crippen molar-refractivity contribution in [1.29, 1.82) is 0 Å². The van der Waals surface area contributed by atoms with Crippen molar-refractivity contribution in [2.45, 2.75) is 31.9 Å². The lowest BCUT2D eigenvalue weighted by Crippen LogP contribution is -2.39. The Balaban J connectivity index is 1.77. The van der Waals surface area contributed by atoms with E-state index in [2.05, 4.69) is 11.8 Å². The van der Waals surface area contributed by atoms with Crippen molar-refractivity contribution in [2.75, 3.05) is 0 Å². The van der Waals surface area contributed by atoms with E-state index in [0.717, 1.165) is 12.8 Å². The highest BCUT2D eigenvalue weighted by Crippen LogP contribution is 2.30. The smallest absolute Gasteiger partial charge is 0.339 e. The lowest BCUT2D eigenvalue weighted by molar-refractivity contribution is -0.0537. The molecule has 0 aromatic heterocycles. The number of carbonyl (C=O) groups excluding carboxylic acids is 1. The van der Waals surface area contributed by atoms with Gasteiger partial charge in [0.15, 0.2) is 0 Å². The lowest BCUT2D eigenvalue weighted by Gasteiger charge is -2.32. The maximum Gasteiger partial charge on any atom is 0.339 e. The number of primary amides is 1. The van der Waals surface area contributed by atoms with E-state index in [0.29, 0.717) is 10.8 Å². The van der Waals surface area contributed by atoms with Crippen LogP contribution in [0.25, 0.3) is 0 Å². The Hall–Kier alpha value is -2.26. The normalized spacial score (nSPS) is 21.5. The molecule has 0 heterocycles. The van der Waals surface area contributed by atoms with Crippen LogP contribution in [0.2, 0.25) is 0 Å². The van der Waals surface area contributed by atoms with E-state index in [1.54, 1.807) is 19.1 Å². The van der Waals surface area contributed by atoms with Crippen LogP contribution in [0.4, 0.5) is 9.18 Å². The van der Waals surface area contributed by atoms with Gasteiger partial charge in [0.2, 0.25) is 0 Å². The fraction of sp³-hybridized carbons (Fsp3) is 0.400. The van der Waals surface area contributed by atoms with Crippen LogP contribution >= 0.6 is 0 Å². The molecular weight excluding hydrogens is 275 g/mol. The fourth-order valence-corrected chi connectivity index (χ4v) is 1.98. The summed E-state index contributed by atoms with van der Waals surface area (Å²) in [7, 11) is 0. The van der Waals surface area contributed by atoms with E-state index in [9.17, 15) is 14.4 Å². The Kier molecular flexibility index (Phi) is 4.66. The summed E-state index contributed by atoms with van der Waals surface area (Å²) >= 11 is 0. The van der Waals surface area contributed by atoms with Crippen molar-refractivity contribution in [1.82, 2.24) is 5.06 Å². The molecule has 1 saturated carbocycles. The zero-order valence-electron chi connectivity index (χ0n) is 11.6. The molecule has 5 nitrogen and oxygen atoms in total. The van der Waals surface area contributed by atoms with Crippen LogP contribution < -0.4 is 10.5 Å². The van der Waals surface area contributed by atoms with Crippen molar-refractivity contribution in [3.05, 3.63) is 30.1 Å². The third kappa shape index (κ3) is 4.10. The molecule has 1 aliphatic rings. The first kappa shape index (κ1) is 15.1. The molecule has 0 spiro atoms. The largest absolute Gasteiger partial charge is 0.490 e. The number of benzene rings is 1. The molecule has 0 radical (unpaired) electrons. The third-order valence-electron chi connectivity index (χ3n) is 3.30. The molecule has 1 fully saturated rings. The van der Waals surface area contributed by atoms with Crippen molar-refractivity contribution in [3.8, 4) is 17.6 Å². The molecule has 1 aromatic rings. The van der Waals surface area contributed by atoms with E-state index >= 15 is 0 Å². The highest BCUT2D eigenvalue weighted by molar-refractivity contribution is 5.71. The molecular formula is C15H17FN2O3. The van der Waals surface area contributed by atoms with Gasteiger partial charge in [-0.25, -0.2) is 9.18 Å². The quantitative estimate of drug-likeness (QED) is 0.509. The summed E-state index contributed by atoms with van der Waals surface area (Å²) in [5, 5.41) is 9.67. The number of hydrogen-bond donors (Lipinski definition) is 2. The monoisotopic (exact) mass is 292 g/mol. The van der Waals surface area contributed by atoms with Crippen molar-refractivity contribution < 1.29 is 19.1 Å². The van der Waals surface area contributed by atoms with Gasteiger partial charge >= 0.3 is 6.03 Å². The number of hydroxylamine groups is 2. The highest BCUT2D eigenvalue weighted by Gasteiger charge is 2.29. The van der Waals surface area contributed by atoms with E-state index in [1.165, 1.54) is 12.1 Å². The highest BCUT2D eigenvalue weighted by atomic mass is 19.1. The number of urea groups is 1. The van der Waals surface area contributed by atoms with Gasteiger partial charge in [-0.3, -0.25) is 5.21 Å². The number of ether oxygens (including phenoxy) is 1. The van der Waals surface area contributed by atoms with E-state index in [-0.39, 0.29) is 17.8 Å². The number of rotatable bonds is 3. The summed E-state index contributed by atoms with van der Waals surface area (Å²) in [4.78, 5) is 10.7. The van der Waals surface area contributed by atoms with Crippen LogP contribution in [0, 0.1) is 23.6 Å². The Morgan fingerprint density at radius 3 is 2.67 bits per heavy atom. The van der Waals surface area contributed by atoms with Crippen LogP contribution in [0.15, 0.2) is 24.3 Å². The lowest BCUT2D eigenvalue weighted by atomic mass is 9.82. The Morgan fingerprint density at radius 1 is 1.48 bits per heavy atom. The molecule has 1 aromatic carbocycles.